The molecule has 35 heavy (non-hydrogen) atoms. The molecular formula is C25H32N8O2. The first-order chi connectivity index (χ1) is 16.3. The summed E-state index contributed by atoms with van der Waals surface area (Å²) in [5.41, 5.74) is 40.0. The van der Waals surface area contributed by atoms with Gasteiger partial charge in [0.25, 0.3) is 0 Å². The molecule has 0 spiro atoms. The maximum atomic E-state index is 6.00. The fourth-order valence-electron chi connectivity index (χ4n) is 2.72. The molecule has 0 saturated carbocycles. The fourth-order valence-corrected chi connectivity index (χ4v) is 2.72. The summed E-state index contributed by atoms with van der Waals surface area (Å²) in [5.74, 6) is 0. The van der Waals surface area contributed by atoms with Crippen molar-refractivity contribution in [2.75, 3.05) is 34.4 Å². The number of hydrogen-bond donors (Lipinski definition) is 8. The molecule has 1 aromatic heterocycles. The van der Waals surface area contributed by atoms with E-state index in [4.69, 9.17) is 44.9 Å². The third-order valence-corrected chi connectivity index (χ3v) is 4.54. The predicted octanol–water partition coefficient (Wildman–Crippen LogP) is 4.30. The van der Waals surface area contributed by atoms with Gasteiger partial charge in [-0.2, -0.15) is 0 Å². The largest absolute Gasteiger partial charge is 0.397 e. The van der Waals surface area contributed by atoms with E-state index in [2.05, 4.69) is 9.97 Å². The summed E-state index contributed by atoms with van der Waals surface area (Å²) in [6.07, 6.45) is 0. The van der Waals surface area contributed by atoms with Crippen molar-refractivity contribution in [1.82, 2.24) is 9.97 Å². The van der Waals surface area contributed by atoms with Gasteiger partial charge in [0.1, 0.15) is 0 Å². The summed E-state index contributed by atoms with van der Waals surface area (Å²) in [6, 6.07) is 25.7. The van der Waals surface area contributed by atoms with Crippen LogP contribution in [-0.2, 0) is 0 Å². The van der Waals surface area contributed by atoms with Gasteiger partial charge in [-0.15, -0.1) is 0 Å². The van der Waals surface area contributed by atoms with Crippen molar-refractivity contribution in [3.8, 4) is 0 Å². The van der Waals surface area contributed by atoms with Crippen LogP contribution in [0.1, 0.15) is 7.43 Å². The average molecular weight is 477 g/mol. The number of benzene rings is 4. The van der Waals surface area contributed by atoms with Crippen LogP contribution in [0.2, 0.25) is 0 Å². The van der Waals surface area contributed by atoms with E-state index in [1.165, 1.54) is 0 Å². The molecule has 0 radical (unpaired) electrons. The normalized spacial score (nSPS) is 9.31. The third kappa shape index (κ3) is 7.93. The van der Waals surface area contributed by atoms with Crippen molar-refractivity contribution < 1.29 is 10.5 Å². The average Bonchev–Trinajstić information content (AvgIpc) is 2.85. The van der Waals surface area contributed by atoms with E-state index >= 15 is 0 Å². The predicted molar refractivity (Wildman–Crippen MR) is 148 cm³/mol. The van der Waals surface area contributed by atoms with E-state index in [0.29, 0.717) is 34.1 Å². The molecule has 4 aromatic carbocycles. The fraction of sp³-hybridized carbons (Fsp3) is 0.0400. The first-order valence-electron chi connectivity index (χ1n) is 9.96. The zero-order valence-electron chi connectivity index (χ0n) is 18.3. The number of hydrogen-bond acceptors (Lipinski definition) is 10. The van der Waals surface area contributed by atoms with Crippen molar-refractivity contribution in [2.45, 2.75) is 7.43 Å². The Morgan fingerprint density at radius 1 is 0.400 bits per heavy atom. The highest BCUT2D eigenvalue weighted by molar-refractivity contribution is 5.91. The lowest BCUT2D eigenvalue weighted by molar-refractivity contribution is -0.176. The Bertz CT molecular complexity index is 1220. The van der Waals surface area contributed by atoms with Gasteiger partial charge in [0.15, 0.2) is 0 Å². The van der Waals surface area contributed by atoms with E-state index in [1.54, 1.807) is 36.4 Å². The van der Waals surface area contributed by atoms with E-state index in [-0.39, 0.29) is 7.43 Å². The summed E-state index contributed by atoms with van der Waals surface area (Å²) >= 11 is 0. The SMILES string of the molecule is C.Nc1cc2nc3ccccc3nc2cc1N.Nc1ccccc1N.Nc1ccccc1N.OO. The van der Waals surface area contributed by atoms with Crippen LogP contribution in [0.15, 0.2) is 84.9 Å². The first kappa shape index (κ1) is 28.2. The monoisotopic (exact) mass is 476 g/mol. The highest BCUT2D eigenvalue weighted by Crippen LogP contribution is 2.23. The van der Waals surface area contributed by atoms with Crippen molar-refractivity contribution in [3.05, 3.63) is 84.9 Å². The molecule has 0 bridgehead atoms. The maximum absolute atomic E-state index is 6.00. The molecule has 14 N–H and O–H groups in total. The second kappa shape index (κ2) is 13.7. The molecule has 10 nitrogen and oxygen atoms in total. The molecule has 1 heterocycles. The van der Waals surface area contributed by atoms with E-state index in [1.807, 2.05) is 48.5 Å². The molecule has 184 valence electrons. The summed E-state index contributed by atoms with van der Waals surface area (Å²) in [5, 5.41) is 12.0. The third-order valence-electron chi connectivity index (χ3n) is 4.54. The Morgan fingerprint density at radius 2 is 0.657 bits per heavy atom. The molecule has 0 aliphatic carbocycles. The molecule has 0 aliphatic heterocycles. The van der Waals surface area contributed by atoms with E-state index in [9.17, 15) is 0 Å². The van der Waals surface area contributed by atoms with Gasteiger partial charge in [-0.25, -0.2) is 9.97 Å². The number of para-hydroxylation sites is 6. The minimum absolute atomic E-state index is 0. The van der Waals surface area contributed by atoms with Crippen molar-refractivity contribution in [1.29, 1.82) is 0 Å². The van der Waals surface area contributed by atoms with Crippen LogP contribution in [0.3, 0.4) is 0 Å². The van der Waals surface area contributed by atoms with Gasteiger partial charge in [0, 0.05) is 0 Å². The van der Waals surface area contributed by atoms with E-state index < -0.39 is 0 Å². The van der Waals surface area contributed by atoms with Crippen molar-refractivity contribution in [3.63, 3.8) is 0 Å². The number of nitrogens with two attached hydrogens (primary N) is 6. The van der Waals surface area contributed by atoms with Gasteiger partial charge >= 0.3 is 0 Å². The first-order valence-corrected chi connectivity index (χ1v) is 9.96. The van der Waals surface area contributed by atoms with Crippen molar-refractivity contribution >= 4 is 56.2 Å². The van der Waals surface area contributed by atoms with Gasteiger partial charge in [-0.3, -0.25) is 10.5 Å². The summed E-state index contributed by atoms with van der Waals surface area (Å²) in [6.45, 7) is 0. The van der Waals surface area contributed by atoms with Crippen LogP contribution >= 0.6 is 0 Å². The number of nitrogens with zero attached hydrogens (tertiary/aromatic N) is 2. The highest BCUT2D eigenvalue weighted by atomic mass is 17.0. The van der Waals surface area contributed by atoms with E-state index in [0.717, 1.165) is 22.1 Å². The minimum atomic E-state index is 0. The molecule has 10 heteroatoms. The lowest BCUT2D eigenvalue weighted by Crippen LogP contribution is -1.96. The molecule has 0 fully saturated rings. The Kier molecular flexibility index (Phi) is 11.0. The van der Waals surface area contributed by atoms with Crippen LogP contribution in [0, 0.1) is 0 Å². The highest BCUT2D eigenvalue weighted by Gasteiger charge is 2.03. The zero-order chi connectivity index (χ0) is 25.1. The van der Waals surface area contributed by atoms with Gasteiger partial charge < -0.3 is 34.4 Å². The molecule has 0 saturated heterocycles. The number of aromatic nitrogens is 2. The van der Waals surface area contributed by atoms with Gasteiger partial charge in [-0.05, 0) is 48.5 Å². The van der Waals surface area contributed by atoms with Crippen LogP contribution in [0.5, 0.6) is 0 Å². The minimum Gasteiger partial charge on any atom is -0.397 e. The number of fused-ring (bicyclic) bond motifs is 2. The van der Waals surface area contributed by atoms with Gasteiger partial charge in [0.2, 0.25) is 0 Å². The molecule has 0 aliphatic rings. The number of anilines is 6. The molecule has 5 rings (SSSR count). The molecule has 0 atom stereocenters. The Labute approximate surface area is 203 Å². The smallest absolute Gasteiger partial charge is 0.0916 e. The number of nitrogen functional groups attached to an aromatic ring is 6. The Morgan fingerprint density at radius 3 is 0.914 bits per heavy atom. The summed E-state index contributed by atoms with van der Waals surface area (Å²) < 4.78 is 0. The Hall–Kier alpha value is -4.80. The molecule has 5 aromatic rings. The van der Waals surface area contributed by atoms with Gasteiger partial charge in [-0.1, -0.05) is 43.8 Å². The van der Waals surface area contributed by atoms with Crippen LogP contribution in [0.4, 0.5) is 34.1 Å². The Balaban J connectivity index is 0.000000275. The van der Waals surface area contributed by atoms with Crippen LogP contribution < -0.4 is 34.4 Å². The molecule has 0 unspecified atom stereocenters. The maximum Gasteiger partial charge on any atom is 0.0916 e. The lowest BCUT2D eigenvalue weighted by Gasteiger charge is -2.04. The topological polar surface area (TPSA) is 222 Å². The zero-order valence-corrected chi connectivity index (χ0v) is 18.3. The lowest BCUT2D eigenvalue weighted by atomic mass is 10.2. The van der Waals surface area contributed by atoms with Crippen LogP contribution in [-0.4, -0.2) is 20.5 Å². The summed E-state index contributed by atoms with van der Waals surface area (Å²) in [7, 11) is 0. The van der Waals surface area contributed by atoms with Crippen molar-refractivity contribution in [2.24, 2.45) is 0 Å². The molecule has 0 amide bonds. The number of rotatable bonds is 0. The van der Waals surface area contributed by atoms with Gasteiger partial charge in [0.05, 0.1) is 56.2 Å². The standard InChI is InChI=1S/C12H10N4.2C6H8N2.CH4.H2O2/c13-7-5-11-12(6-8(7)14)16-10-4-2-1-3-9(10)15-11;2*7-5-3-1-2-4-6(5)8;;1-2/h1-6H,13-14H2;2*1-4H,7-8H2;1H4;1-2H. The van der Waals surface area contributed by atoms with Crippen LogP contribution in [0.25, 0.3) is 22.1 Å². The second-order valence-electron chi connectivity index (χ2n) is 6.94. The quantitative estimate of drug-likeness (QED) is 0.0684. The second-order valence-corrected chi connectivity index (χ2v) is 6.94. The molecular weight excluding hydrogens is 444 g/mol. The summed E-state index contributed by atoms with van der Waals surface area (Å²) in [4.78, 5) is 8.96.